The van der Waals surface area contributed by atoms with Crippen LogP contribution >= 0.6 is 0 Å². The lowest BCUT2D eigenvalue weighted by Gasteiger charge is -2.37. The molecule has 2 aliphatic rings. The fraction of sp³-hybridized carbons (Fsp3) is 0.829. The number of aryl methyl sites for hydroxylation is 1. The van der Waals surface area contributed by atoms with Gasteiger partial charge >= 0.3 is 0 Å². The van der Waals surface area contributed by atoms with Crippen LogP contribution in [0.1, 0.15) is 115 Å². The van der Waals surface area contributed by atoms with Gasteiger partial charge in [0.15, 0.2) is 0 Å². The largest absolute Gasteiger partial charge is 0.744 e. The molecule has 0 unspecified atom stereocenters. The van der Waals surface area contributed by atoms with Gasteiger partial charge in [0.05, 0.1) is 44.4 Å². The molecule has 0 spiro atoms. The molecule has 250 valence electrons. The highest BCUT2D eigenvalue weighted by Crippen LogP contribution is 2.25. The fourth-order valence-electron chi connectivity index (χ4n) is 6.00. The Hall–Kier alpha value is -1.03. The second-order valence-corrected chi connectivity index (χ2v) is 14.6. The van der Waals surface area contributed by atoms with Crippen molar-refractivity contribution >= 4 is 10.1 Å². The number of hydrogen-bond donors (Lipinski definition) is 0. The molecule has 2 aliphatic heterocycles. The molecule has 1 aromatic carbocycles. The van der Waals surface area contributed by atoms with Crippen LogP contribution in [-0.4, -0.2) is 83.3 Å². The first-order chi connectivity index (χ1) is 20.7. The summed E-state index contributed by atoms with van der Waals surface area (Å²) in [6.07, 6.45) is 22.5. The molecule has 2 atom stereocenters. The predicted molar refractivity (Wildman–Crippen MR) is 174 cm³/mol. The van der Waals surface area contributed by atoms with Crippen LogP contribution in [0, 0.1) is 12.8 Å². The minimum Gasteiger partial charge on any atom is -0.744 e. The zero-order valence-corrected chi connectivity index (χ0v) is 28.6. The van der Waals surface area contributed by atoms with Gasteiger partial charge in [0.25, 0.3) is 0 Å². The Labute approximate surface area is 264 Å². The van der Waals surface area contributed by atoms with Gasteiger partial charge in [-0.3, -0.25) is 0 Å². The summed E-state index contributed by atoms with van der Waals surface area (Å²) in [5.74, 6) is 0.775. The minimum atomic E-state index is -4.27. The van der Waals surface area contributed by atoms with E-state index in [0.29, 0.717) is 6.10 Å². The van der Waals surface area contributed by atoms with Crippen LogP contribution in [0.3, 0.4) is 0 Å². The van der Waals surface area contributed by atoms with E-state index in [4.69, 9.17) is 14.2 Å². The van der Waals surface area contributed by atoms with E-state index in [1.807, 2.05) is 6.92 Å². The number of benzene rings is 1. The van der Waals surface area contributed by atoms with E-state index < -0.39 is 10.1 Å². The Kier molecular flexibility index (Phi) is 19.9. The van der Waals surface area contributed by atoms with Crippen LogP contribution in [0.25, 0.3) is 0 Å². The van der Waals surface area contributed by atoms with Crippen molar-refractivity contribution in [2.24, 2.45) is 5.92 Å². The molecule has 0 aromatic heterocycles. The molecule has 43 heavy (non-hydrogen) atoms. The van der Waals surface area contributed by atoms with E-state index >= 15 is 0 Å². The molecular formula is C35H63NO6S. The number of likely N-dealkylation sites (N-methyl/N-ethyl adjacent to an activating group) is 1. The highest BCUT2D eigenvalue weighted by molar-refractivity contribution is 7.85. The predicted octanol–water partition coefficient (Wildman–Crippen LogP) is 7.66. The van der Waals surface area contributed by atoms with Crippen LogP contribution in [0.2, 0.25) is 0 Å². The number of unbranched alkanes of at least 4 members (excludes halogenated alkanes) is 12. The Morgan fingerprint density at radius 3 is 2.02 bits per heavy atom. The molecule has 0 aliphatic carbocycles. The first-order valence-electron chi connectivity index (χ1n) is 17.3. The van der Waals surface area contributed by atoms with Gasteiger partial charge in [-0.1, -0.05) is 102 Å². The molecule has 2 heterocycles. The average Bonchev–Trinajstić information content (AvgIpc) is 3.43. The summed E-state index contributed by atoms with van der Waals surface area (Å²) in [5.41, 5.74) is 0.928. The summed E-state index contributed by atoms with van der Waals surface area (Å²) in [7, 11) is -1.90. The number of ether oxygens (including phenoxy) is 3. The van der Waals surface area contributed by atoms with Gasteiger partial charge in [0.1, 0.15) is 23.2 Å². The quantitative estimate of drug-likeness (QED) is 0.0792. The maximum Gasteiger partial charge on any atom is 0.124 e. The smallest absolute Gasteiger partial charge is 0.124 e. The van der Waals surface area contributed by atoms with Crippen LogP contribution in [0.5, 0.6) is 0 Å². The van der Waals surface area contributed by atoms with Gasteiger partial charge in [0.2, 0.25) is 0 Å². The summed E-state index contributed by atoms with van der Waals surface area (Å²) < 4.78 is 49.8. The second kappa shape index (κ2) is 22.5. The highest BCUT2D eigenvalue weighted by atomic mass is 32.2. The van der Waals surface area contributed by atoms with Crippen LogP contribution in [0.4, 0.5) is 0 Å². The molecule has 3 rings (SSSR count). The standard InChI is InChI=1S/C28H56NO3.C7H8O3S/c1-3-4-5-6-7-8-9-10-11-12-13-14-17-27-24-28(32-25-27)26-31-21-16-15-18-29(2)19-22-30-23-20-29;1-6-2-4-7(5-3-6)11(8,9)10/h27-28H,3-26H2,1-2H3;2-5H,1H3,(H,8,9,10)/q+1;/p-1/t27-,28+;/m1./s1. The van der Waals surface area contributed by atoms with E-state index in [-0.39, 0.29) is 4.90 Å². The van der Waals surface area contributed by atoms with Crippen molar-refractivity contribution < 1.29 is 31.7 Å². The van der Waals surface area contributed by atoms with Crippen LogP contribution < -0.4 is 0 Å². The van der Waals surface area contributed by atoms with E-state index in [1.54, 1.807) is 12.1 Å². The van der Waals surface area contributed by atoms with E-state index in [2.05, 4.69) is 14.0 Å². The topological polar surface area (TPSA) is 84.9 Å². The summed E-state index contributed by atoms with van der Waals surface area (Å²) in [6, 6.07) is 5.78. The van der Waals surface area contributed by atoms with Crippen molar-refractivity contribution in [3.63, 3.8) is 0 Å². The number of hydrogen-bond acceptors (Lipinski definition) is 6. The Balaban J connectivity index is 0.000000490. The molecule has 0 amide bonds. The third-order valence-corrected chi connectivity index (χ3v) is 9.88. The Morgan fingerprint density at radius 2 is 1.44 bits per heavy atom. The van der Waals surface area contributed by atoms with Crippen molar-refractivity contribution in [2.45, 2.75) is 128 Å². The Morgan fingerprint density at radius 1 is 0.860 bits per heavy atom. The first kappa shape index (κ1) is 38.2. The van der Waals surface area contributed by atoms with Crippen molar-refractivity contribution in [1.82, 2.24) is 0 Å². The van der Waals surface area contributed by atoms with Gasteiger partial charge < -0.3 is 23.2 Å². The number of nitrogens with zero attached hydrogens (tertiary/aromatic N) is 1. The zero-order chi connectivity index (χ0) is 31.2. The molecule has 7 nitrogen and oxygen atoms in total. The minimum absolute atomic E-state index is 0.178. The Bertz CT molecular complexity index is 917. The van der Waals surface area contributed by atoms with Crippen molar-refractivity contribution in [3.8, 4) is 0 Å². The van der Waals surface area contributed by atoms with Gasteiger partial charge in [-0.25, -0.2) is 8.42 Å². The molecule has 8 heteroatoms. The van der Waals surface area contributed by atoms with Gasteiger partial charge in [-0.05, 0) is 50.7 Å². The van der Waals surface area contributed by atoms with E-state index in [9.17, 15) is 13.0 Å². The first-order valence-corrected chi connectivity index (χ1v) is 18.8. The third kappa shape index (κ3) is 18.5. The maximum atomic E-state index is 10.4. The highest BCUT2D eigenvalue weighted by Gasteiger charge is 2.26. The maximum absolute atomic E-state index is 10.4. The number of morpholine rings is 1. The molecular weight excluding hydrogens is 562 g/mol. The molecule has 2 saturated heterocycles. The fourth-order valence-corrected chi connectivity index (χ4v) is 6.47. The van der Waals surface area contributed by atoms with Crippen LogP contribution in [-0.2, 0) is 24.3 Å². The lowest BCUT2D eigenvalue weighted by atomic mass is 9.97. The summed E-state index contributed by atoms with van der Waals surface area (Å²) in [4.78, 5) is -0.178. The van der Waals surface area contributed by atoms with Gasteiger partial charge in [0, 0.05) is 13.2 Å². The molecule has 0 N–H and O–H groups in total. The van der Waals surface area contributed by atoms with Crippen molar-refractivity contribution in [3.05, 3.63) is 29.8 Å². The SMILES string of the molecule is CCCCCCCCCCCCCC[C@H]1CO[C@H](COCCCC[N+]2(C)CCOCC2)C1.Cc1ccc(S(=O)(=O)[O-])cc1. The lowest BCUT2D eigenvalue weighted by Crippen LogP contribution is -2.52. The van der Waals surface area contributed by atoms with E-state index in [0.717, 1.165) is 57.6 Å². The monoisotopic (exact) mass is 625 g/mol. The number of quaternary nitrogens is 1. The van der Waals surface area contributed by atoms with Gasteiger partial charge in [-0.15, -0.1) is 0 Å². The van der Waals surface area contributed by atoms with E-state index in [1.165, 1.54) is 126 Å². The zero-order valence-electron chi connectivity index (χ0n) is 27.7. The van der Waals surface area contributed by atoms with Gasteiger partial charge in [-0.2, -0.15) is 0 Å². The molecule has 2 fully saturated rings. The molecule has 0 radical (unpaired) electrons. The normalized spacial score (nSPS) is 20.1. The lowest BCUT2D eigenvalue weighted by molar-refractivity contribution is -0.917. The molecule has 0 bridgehead atoms. The summed E-state index contributed by atoms with van der Waals surface area (Å²) >= 11 is 0. The third-order valence-electron chi connectivity index (χ3n) is 9.03. The summed E-state index contributed by atoms with van der Waals surface area (Å²) in [6.45, 7) is 12.2. The average molecular weight is 626 g/mol. The summed E-state index contributed by atoms with van der Waals surface area (Å²) in [5, 5.41) is 0. The molecule has 0 saturated carbocycles. The second-order valence-electron chi connectivity index (χ2n) is 13.2. The van der Waals surface area contributed by atoms with Crippen molar-refractivity contribution in [1.29, 1.82) is 0 Å². The van der Waals surface area contributed by atoms with Crippen molar-refractivity contribution in [2.75, 3.05) is 59.7 Å². The number of rotatable bonds is 21. The van der Waals surface area contributed by atoms with Crippen LogP contribution in [0.15, 0.2) is 29.2 Å². The molecule has 1 aromatic rings.